The van der Waals surface area contributed by atoms with Crippen LogP contribution in [0.2, 0.25) is 0 Å². The molecule has 11 aromatic carbocycles. The number of benzene rings is 11. The van der Waals surface area contributed by atoms with E-state index in [9.17, 15) is 0 Å². The van der Waals surface area contributed by atoms with Crippen LogP contribution in [0.5, 0.6) is 0 Å². The molecule has 0 saturated heterocycles. The highest BCUT2D eigenvalue weighted by atomic mass is 15.1. The molecule has 0 saturated carbocycles. The van der Waals surface area contributed by atoms with E-state index in [1.54, 1.807) is 0 Å². The largest absolute Gasteiger partial charge is 0.310 e. The third-order valence-electron chi connectivity index (χ3n) is 14.9. The maximum atomic E-state index is 2.41. The zero-order valence-electron chi connectivity index (χ0n) is 38.1. The molecule has 1 nitrogen and oxygen atoms in total. The Morgan fingerprint density at radius 1 is 0.217 bits per heavy atom. The van der Waals surface area contributed by atoms with Gasteiger partial charge in [-0.25, -0.2) is 0 Å². The molecular formula is C68H47N. The fourth-order valence-corrected chi connectivity index (χ4v) is 12.1. The number of hydrogen-bond donors (Lipinski definition) is 0. The van der Waals surface area contributed by atoms with E-state index in [2.05, 4.69) is 290 Å². The van der Waals surface area contributed by atoms with Gasteiger partial charge >= 0.3 is 0 Å². The molecule has 11 aromatic rings. The van der Waals surface area contributed by atoms with E-state index < -0.39 is 10.8 Å². The fraction of sp³-hybridized carbons (Fsp3) is 0.0294. The molecule has 1 spiro atoms. The second kappa shape index (κ2) is 16.5. The molecule has 69 heavy (non-hydrogen) atoms. The topological polar surface area (TPSA) is 3.24 Å². The molecule has 0 N–H and O–H groups in total. The Balaban J connectivity index is 0.999. The number of para-hydroxylation sites is 1. The standard InChI is InChI=1S/C68H47N/c1-5-22-48(23-6-1)49-40-44-54(45-41-49)69(65-39-20-14-30-56(65)50-24-7-2-8-25-50)55-46-42-51(43-47-55)57-32-21-38-64-66(57)58-31-13-15-33-59(58)68(64)62-36-18-16-34-60(62)67(52-26-9-3-10-27-52,53-28-11-4-12-29-53)61-35-17-19-37-63(61)68/h1-47H. The van der Waals surface area contributed by atoms with Crippen molar-refractivity contribution < 1.29 is 0 Å². The van der Waals surface area contributed by atoms with Crippen molar-refractivity contribution in [3.05, 3.63) is 330 Å². The van der Waals surface area contributed by atoms with Gasteiger partial charge in [0, 0.05) is 16.9 Å². The fourth-order valence-electron chi connectivity index (χ4n) is 12.1. The molecule has 0 aliphatic heterocycles. The number of hydrogen-bond acceptors (Lipinski definition) is 1. The number of nitrogens with zero attached hydrogens (tertiary/aromatic N) is 1. The van der Waals surface area contributed by atoms with Crippen LogP contribution >= 0.6 is 0 Å². The molecule has 0 atom stereocenters. The molecule has 0 amide bonds. The highest BCUT2D eigenvalue weighted by Crippen LogP contribution is 2.65. The lowest BCUT2D eigenvalue weighted by Gasteiger charge is -2.50. The first-order valence-corrected chi connectivity index (χ1v) is 24.0. The number of anilines is 3. The van der Waals surface area contributed by atoms with Crippen molar-refractivity contribution in [3.8, 4) is 44.5 Å². The highest BCUT2D eigenvalue weighted by molar-refractivity contribution is 5.97. The van der Waals surface area contributed by atoms with Crippen molar-refractivity contribution in [1.82, 2.24) is 0 Å². The maximum Gasteiger partial charge on any atom is 0.0720 e. The molecule has 0 fully saturated rings. The van der Waals surface area contributed by atoms with Gasteiger partial charge in [0.05, 0.1) is 16.5 Å². The van der Waals surface area contributed by atoms with Gasteiger partial charge in [-0.05, 0) is 114 Å². The minimum atomic E-state index is -0.564. The Morgan fingerprint density at radius 3 is 1.13 bits per heavy atom. The van der Waals surface area contributed by atoms with Gasteiger partial charge in [0.1, 0.15) is 0 Å². The molecule has 2 aliphatic rings. The summed E-state index contributed by atoms with van der Waals surface area (Å²) in [5.74, 6) is 0. The molecule has 13 rings (SSSR count). The van der Waals surface area contributed by atoms with Crippen LogP contribution in [0.25, 0.3) is 44.5 Å². The molecule has 0 radical (unpaired) electrons. The quantitative estimate of drug-likeness (QED) is 0.147. The van der Waals surface area contributed by atoms with Crippen LogP contribution in [0.4, 0.5) is 17.1 Å². The zero-order valence-corrected chi connectivity index (χ0v) is 38.1. The second-order valence-electron chi connectivity index (χ2n) is 18.3. The predicted octanol–water partition coefficient (Wildman–Crippen LogP) is 17.2. The molecule has 0 aromatic heterocycles. The third kappa shape index (κ3) is 6.17. The van der Waals surface area contributed by atoms with Gasteiger partial charge in [-0.3, -0.25) is 0 Å². The van der Waals surface area contributed by atoms with Crippen molar-refractivity contribution in [1.29, 1.82) is 0 Å². The summed E-state index contributed by atoms with van der Waals surface area (Å²) in [7, 11) is 0. The van der Waals surface area contributed by atoms with Gasteiger partial charge in [0.2, 0.25) is 0 Å². The Morgan fingerprint density at radius 2 is 0.580 bits per heavy atom. The summed E-state index contributed by atoms with van der Waals surface area (Å²) < 4.78 is 0. The lowest BCUT2D eigenvalue weighted by Crippen LogP contribution is -2.44. The Kier molecular flexibility index (Phi) is 9.70. The molecule has 0 bridgehead atoms. The first-order valence-electron chi connectivity index (χ1n) is 24.0. The average molecular weight is 878 g/mol. The third-order valence-corrected chi connectivity index (χ3v) is 14.9. The van der Waals surface area contributed by atoms with Gasteiger partial charge in [-0.15, -0.1) is 0 Å². The van der Waals surface area contributed by atoms with Crippen molar-refractivity contribution in [3.63, 3.8) is 0 Å². The van der Waals surface area contributed by atoms with Gasteiger partial charge < -0.3 is 4.90 Å². The van der Waals surface area contributed by atoms with Crippen LogP contribution in [0.3, 0.4) is 0 Å². The minimum absolute atomic E-state index is 0.543. The van der Waals surface area contributed by atoms with E-state index in [1.165, 1.54) is 89.0 Å². The van der Waals surface area contributed by atoms with Crippen molar-refractivity contribution in [2.45, 2.75) is 10.8 Å². The summed E-state index contributed by atoms with van der Waals surface area (Å²) in [4.78, 5) is 2.40. The van der Waals surface area contributed by atoms with Crippen molar-refractivity contribution in [2.75, 3.05) is 4.90 Å². The molecule has 2 aliphatic carbocycles. The summed E-state index contributed by atoms with van der Waals surface area (Å²) in [5.41, 5.74) is 22.4. The molecule has 1 heteroatoms. The van der Waals surface area contributed by atoms with Gasteiger partial charge in [-0.1, -0.05) is 255 Å². The van der Waals surface area contributed by atoms with Crippen molar-refractivity contribution in [2.24, 2.45) is 0 Å². The van der Waals surface area contributed by atoms with E-state index in [0.29, 0.717) is 0 Å². The normalized spacial score (nSPS) is 13.4. The smallest absolute Gasteiger partial charge is 0.0720 e. The lowest BCUT2D eigenvalue weighted by molar-refractivity contribution is 0.623. The summed E-state index contributed by atoms with van der Waals surface area (Å²) >= 11 is 0. The summed E-state index contributed by atoms with van der Waals surface area (Å²) in [6, 6.07) is 105. The van der Waals surface area contributed by atoms with Gasteiger partial charge in [0.15, 0.2) is 0 Å². The van der Waals surface area contributed by atoms with Crippen LogP contribution < -0.4 is 4.90 Å². The number of fused-ring (bicyclic) bond motifs is 9. The second-order valence-corrected chi connectivity index (χ2v) is 18.3. The summed E-state index contributed by atoms with van der Waals surface area (Å²) in [6.07, 6.45) is 0. The van der Waals surface area contributed by atoms with Crippen LogP contribution in [-0.4, -0.2) is 0 Å². The highest BCUT2D eigenvalue weighted by Gasteiger charge is 2.56. The van der Waals surface area contributed by atoms with Gasteiger partial charge in [0.25, 0.3) is 0 Å². The Hall–Kier alpha value is -8.78. The van der Waals surface area contributed by atoms with E-state index in [1.807, 2.05) is 0 Å². The number of rotatable bonds is 8. The minimum Gasteiger partial charge on any atom is -0.310 e. The molecule has 0 unspecified atom stereocenters. The predicted molar refractivity (Wildman–Crippen MR) is 287 cm³/mol. The molecular weight excluding hydrogens is 831 g/mol. The van der Waals surface area contributed by atoms with Crippen LogP contribution in [0.15, 0.2) is 285 Å². The Bertz CT molecular complexity index is 3540. The van der Waals surface area contributed by atoms with Crippen LogP contribution in [-0.2, 0) is 10.8 Å². The van der Waals surface area contributed by atoms with Crippen LogP contribution in [0, 0.1) is 0 Å². The molecule has 324 valence electrons. The first-order chi connectivity index (χ1) is 34.3. The first kappa shape index (κ1) is 40.5. The molecule has 0 heterocycles. The zero-order chi connectivity index (χ0) is 45.8. The van der Waals surface area contributed by atoms with Crippen LogP contribution in [0.1, 0.15) is 44.5 Å². The van der Waals surface area contributed by atoms with Gasteiger partial charge in [-0.2, -0.15) is 0 Å². The van der Waals surface area contributed by atoms with Crippen molar-refractivity contribution >= 4 is 17.1 Å². The SMILES string of the molecule is c1ccc(-c2ccc(N(c3ccc(-c4cccc5c4-c4ccccc4C54c5ccccc5C(c5ccccc5)(c5ccccc5)c5ccccc54)cc3)c3ccccc3-c3ccccc3)cc2)cc1. The maximum absolute atomic E-state index is 2.41. The summed E-state index contributed by atoms with van der Waals surface area (Å²) in [5, 5.41) is 0. The van der Waals surface area contributed by atoms with E-state index in [0.717, 1.165) is 17.1 Å². The average Bonchev–Trinajstić information content (AvgIpc) is 3.74. The lowest BCUT2D eigenvalue weighted by atomic mass is 9.51. The Labute approximate surface area is 404 Å². The van der Waals surface area contributed by atoms with E-state index in [4.69, 9.17) is 0 Å². The summed E-state index contributed by atoms with van der Waals surface area (Å²) in [6.45, 7) is 0. The van der Waals surface area contributed by atoms with E-state index >= 15 is 0 Å². The monoisotopic (exact) mass is 877 g/mol. The van der Waals surface area contributed by atoms with E-state index in [-0.39, 0.29) is 0 Å².